The Morgan fingerprint density at radius 3 is 2.52 bits per heavy atom. The van der Waals surface area contributed by atoms with E-state index in [1.165, 1.54) is 0 Å². The molecule has 1 atom stereocenters. The first-order valence-corrected chi connectivity index (χ1v) is 9.18. The van der Waals surface area contributed by atoms with Crippen LogP contribution in [-0.2, 0) is 14.4 Å². The highest BCUT2D eigenvalue weighted by Gasteiger charge is 2.25. The summed E-state index contributed by atoms with van der Waals surface area (Å²) < 4.78 is 0. The largest absolute Gasteiger partial charge is 0.481 e. The first kappa shape index (κ1) is 21.2. The van der Waals surface area contributed by atoms with Gasteiger partial charge in [0.05, 0.1) is 5.92 Å². The van der Waals surface area contributed by atoms with Gasteiger partial charge < -0.3 is 20.2 Å². The molecule has 2 fully saturated rings. The highest BCUT2D eigenvalue weighted by Crippen LogP contribution is 2.23. The normalized spacial score (nSPS) is 20.2. The summed E-state index contributed by atoms with van der Waals surface area (Å²) in [5.74, 6) is -1.03. The van der Waals surface area contributed by atoms with Gasteiger partial charge in [-0.1, -0.05) is 0 Å². The van der Waals surface area contributed by atoms with Gasteiger partial charge in [-0.05, 0) is 50.1 Å². The summed E-state index contributed by atoms with van der Waals surface area (Å²) in [6.07, 6.45) is 3.38. The van der Waals surface area contributed by atoms with E-state index in [4.69, 9.17) is 5.11 Å². The van der Waals surface area contributed by atoms with Gasteiger partial charge in [0.1, 0.15) is 0 Å². The van der Waals surface area contributed by atoms with E-state index in [9.17, 15) is 14.4 Å². The maximum atomic E-state index is 12.1. The smallest absolute Gasteiger partial charge is 0.307 e. The quantitative estimate of drug-likeness (QED) is 0.771. The Morgan fingerprint density at radius 2 is 1.89 bits per heavy atom. The van der Waals surface area contributed by atoms with Crippen molar-refractivity contribution in [2.45, 2.75) is 32.1 Å². The van der Waals surface area contributed by atoms with Crippen LogP contribution in [0.15, 0.2) is 24.3 Å². The molecule has 0 spiro atoms. The van der Waals surface area contributed by atoms with Crippen LogP contribution in [0.4, 0.5) is 11.4 Å². The second-order valence-corrected chi connectivity index (χ2v) is 6.97. The van der Waals surface area contributed by atoms with Gasteiger partial charge in [0, 0.05) is 43.9 Å². The summed E-state index contributed by atoms with van der Waals surface area (Å²) in [4.78, 5) is 38.8. The molecule has 0 radical (unpaired) electrons. The van der Waals surface area contributed by atoms with Gasteiger partial charge in [0.2, 0.25) is 11.8 Å². The van der Waals surface area contributed by atoms with Gasteiger partial charge in [0.15, 0.2) is 0 Å². The van der Waals surface area contributed by atoms with Gasteiger partial charge in [-0.15, -0.1) is 12.4 Å². The third-order valence-corrected chi connectivity index (χ3v) is 5.05. The van der Waals surface area contributed by atoms with Crippen LogP contribution in [0.2, 0.25) is 0 Å². The Morgan fingerprint density at radius 1 is 1.15 bits per heavy atom. The van der Waals surface area contributed by atoms with Crippen LogP contribution < -0.4 is 10.2 Å². The van der Waals surface area contributed by atoms with Crippen LogP contribution >= 0.6 is 12.4 Å². The fourth-order valence-electron chi connectivity index (χ4n) is 3.59. The second-order valence-electron chi connectivity index (χ2n) is 6.97. The number of halogens is 1. The molecule has 3 rings (SSSR count). The number of carboxylic acids is 1. The summed E-state index contributed by atoms with van der Waals surface area (Å²) >= 11 is 0. The molecule has 0 bridgehead atoms. The van der Waals surface area contributed by atoms with E-state index in [2.05, 4.69) is 5.32 Å². The van der Waals surface area contributed by atoms with Crippen LogP contribution in [0, 0.1) is 5.92 Å². The number of anilines is 2. The molecule has 2 aliphatic heterocycles. The number of rotatable bonds is 6. The van der Waals surface area contributed by atoms with E-state index in [0.717, 1.165) is 31.6 Å². The maximum absolute atomic E-state index is 12.1. The highest BCUT2D eigenvalue weighted by atomic mass is 35.5. The first-order valence-electron chi connectivity index (χ1n) is 9.18. The number of piperidine rings is 1. The molecule has 2 amide bonds. The average molecular weight is 396 g/mol. The Kier molecular flexibility index (Phi) is 7.62. The molecule has 0 aromatic heterocycles. The molecule has 2 saturated heterocycles. The Labute approximate surface area is 165 Å². The van der Waals surface area contributed by atoms with E-state index in [1.54, 1.807) is 17.0 Å². The highest BCUT2D eigenvalue weighted by molar-refractivity contribution is 5.96. The number of carboxylic acid groups (broad SMARTS) is 1. The SMILES string of the molecule is Cl.O=C(CCN1CCCC(C(=O)O)C1)Nc1ccc(N2CCCC2=O)cc1. The van der Waals surface area contributed by atoms with Crippen molar-refractivity contribution in [3.8, 4) is 0 Å². The molecule has 2 heterocycles. The van der Waals surface area contributed by atoms with Gasteiger partial charge in [-0.3, -0.25) is 14.4 Å². The fraction of sp³-hybridized carbons (Fsp3) is 0.526. The lowest BCUT2D eigenvalue weighted by Gasteiger charge is -2.30. The zero-order chi connectivity index (χ0) is 18.5. The van der Waals surface area contributed by atoms with Crippen molar-refractivity contribution in [1.29, 1.82) is 0 Å². The summed E-state index contributed by atoms with van der Waals surface area (Å²) in [6, 6.07) is 7.31. The average Bonchev–Trinajstić information content (AvgIpc) is 3.07. The minimum absolute atomic E-state index is 0. The molecule has 8 heteroatoms. The summed E-state index contributed by atoms with van der Waals surface area (Å²) in [5.41, 5.74) is 1.56. The minimum Gasteiger partial charge on any atom is -0.481 e. The lowest BCUT2D eigenvalue weighted by molar-refractivity contribution is -0.143. The first-order chi connectivity index (χ1) is 12.5. The third kappa shape index (κ3) is 5.68. The van der Waals surface area contributed by atoms with Crippen molar-refractivity contribution in [3.63, 3.8) is 0 Å². The van der Waals surface area contributed by atoms with Crippen LogP contribution in [0.5, 0.6) is 0 Å². The maximum Gasteiger partial charge on any atom is 0.307 e. The summed E-state index contributed by atoms with van der Waals surface area (Å²) in [6.45, 7) is 2.67. The van der Waals surface area contributed by atoms with Crippen molar-refractivity contribution in [1.82, 2.24) is 4.90 Å². The van der Waals surface area contributed by atoms with Crippen molar-refractivity contribution >= 4 is 41.6 Å². The second kappa shape index (κ2) is 9.71. The summed E-state index contributed by atoms with van der Waals surface area (Å²) in [5, 5.41) is 12.0. The van der Waals surface area contributed by atoms with Crippen molar-refractivity contribution in [3.05, 3.63) is 24.3 Å². The van der Waals surface area contributed by atoms with E-state index in [1.807, 2.05) is 17.0 Å². The topological polar surface area (TPSA) is 89.9 Å². The number of hydrogen-bond acceptors (Lipinski definition) is 4. The van der Waals surface area contributed by atoms with E-state index in [-0.39, 0.29) is 30.1 Å². The van der Waals surface area contributed by atoms with Crippen LogP contribution in [-0.4, -0.2) is 54.0 Å². The molecule has 7 nitrogen and oxygen atoms in total. The molecule has 27 heavy (non-hydrogen) atoms. The number of aliphatic carboxylic acids is 1. The molecule has 1 unspecified atom stereocenters. The van der Waals surface area contributed by atoms with E-state index < -0.39 is 5.97 Å². The number of carbonyl (C=O) groups is 3. The molecular weight excluding hydrogens is 370 g/mol. The molecule has 1 aromatic carbocycles. The molecule has 1 aromatic rings. The number of amides is 2. The number of nitrogens with one attached hydrogen (secondary N) is 1. The van der Waals surface area contributed by atoms with E-state index >= 15 is 0 Å². The molecule has 0 aliphatic carbocycles. The third-order valence-electron chi connectivity index (χ3n) is 5.05. The molecule has 2 aliphatic rings. The molecule has 148 valence electrons. The number of carbonyl (C=O) groups excluding carboxylic acids is 2. The Hall–Kier alpha value is -2.12. The van der Waals surface area contributed by atoms with Gasteiger partial charge in [-0.25, -0.2) is 0 Å². The lowest BCUT2D eigenvalue weighted by atomic mass is 9.98. The zero-order valence-electron chi connectivity index (χ0n) is 15.2. The predicted octanol–water partition coefficient (Wildman–Crippen LogP) is 2.36. The van der Waals surface area contributed by atoms with E-state index in [0.29, 0.717) is 38.0 Å². The van der Waals surface area contributed by atoms with Gasteiger partial charge in [-0.2, -0.15) is 0 Å². The standard InChI is InChI=1S/C19H25N3O4.ClH/c23-17(9-12-21-10-1-3-14(13-21)19(25)26)20-15-5-7-16(8-6-15)22-11-2-4-18(22)24;/h5-8,14H,1-4,9-13H2,(H,20,23)(H,25,26);1H. The number of nitrogens with zero attached hydrogens (tertiary/aromatic N) is 2. The molecule has 2 N–H and O–H groups in total. The van der Waals surface area contributed by atoms with Gasteiger partial charge in [0.25, 0.3) is 0 Å². The predicted molar refractivity (Wildman–Crippen MR) is 105 cm³/mol. The Bertz CT molecular complexity index is 680. The van der Waals surface area contributed by atoms with Gasteiger partial charge >= 0.3 is 5.97 Å². The fourth-order valence-corrected chi connectivity index (χ4v) is 3.59. The van der Waals surface area contributed by atoms with Crippen molar-refractivity contribution in [2.75, 3.05) is 36.4 Å². The van der Waals surface area contributed by atoms with Crippen molar-refractivity contribution < 1.29 is 19.5 Å². The van der Waals surface area contributed by atoms with Crippen LogP contribution in [0.25, 0.3) is 0 Å². The molecular formula is C19H26ClN3O4. The lowest BCUT2D eigenvalue weighted by Crippen LogP contribution is -2.40. The number of likely N-dealkylation sites (tertiary alicyclic amines) is 1. The number of benzene rings is 1. The van der Waals surface area contributed by atoms with Crippen LogP contribution in [0.3, 0.4) is 0 Å². The zero-order valence-corrected chi connectivity index (χ0v) is 16.0. The Balaban J connectivity index is 0.00000261. The van der Waals surface area contributed by atoms with Crippen LogP contribution in [0.1, 0.15) is 32.1 Å². The molecule has 0 saturated carbocycles. The summed E-state index contributed by atoms with van der Waals surface area (Å²) in [7, 11) is 0. The van der Waals surface area contributed by atoms with Crippen molar-refractivity contribution in [2.24, 2.45) is 5.92 Å². The monoisotopic (exact) mass is 395 g/mol. The minimum atomic E-state index is -0.754. The number of hydrogen-bond donors (Lipinski definition) is 2.